The first-order chi connectivity index (χ1) is 7.75. The van der Waals surface area contributed by atoms with Gasteiger partial charge in [-0.2, -0.15) is 0 Å². The highest BCUT2D eigenvalue weighted by molar-refractivity contribution is 5.87. The minimum atomic E-state index is 0.0613. The van der Waals surface area contributed by atoms with E-state index < -0.39 is 0 Å². The summed E-state index contributed by atoms with van der Waals surface area (Å²) in [5.74, 6) is 1.80. The molecule has 0 unspecified atom stereocenters. The van der Waals surface area contributed by atoms with Crippen LogP contribution in [-0.2, 0) is 4.79 Å². The van der Waals surface area contributed by atoms with Gasteiger partial charge in [0, 0.05) is 11.8 Å². The van der Waals surface area contributed by atoms with Gasteiger partial charge in [0.05, 0.1) is 0 Å². The van der Waals surface area contributed by atoms with Crippen LogP contribution in [-0.4, -0.2) is 5.78 Å². The molecule has 0 aromatic heterocycles. The normalized spacial score (nSPS) is 43.8. The zero-order valence-corrected chi connectivity index (χ0v) is 10.1. The number of allylic oxidation sites excluding steroid dienone is 1. The Labute approximate surface area is 98.3 Å². The molecule has 1 heteroatoms. The molecule has 3 fully saturated rings. The predicted octanol–water partition coefficient (Wildman–Crippen LogP) is 3.88. The Bertz CT molecular complexity index is 330. The lowest BCUT2D eigenvalue weighted by Gasteiger charge is -2.41. The Morgan fingerprint density at radius 1 is 1.12 bits per heavy atom. The highest BCUT2D eigenvalue weighted by Gasteiger charge is 2.56. The average Bonchev–Trinajstić information content (AvgIpc) is 2.51. The number of hydrogen-bond acceptors (Lipinski definition) is 1. The molecule has 0 bridgehead atoms. The topological polar surface area (TPSA) is 17.1 Å². The van der Waals surface area contributed by atoms with Crippen molar-refractivity contribution in [3.05, 3.63) is 12.2 Å². The molecule has 0 heterocycles. The van der Waals surface area contributed by atoms with Crippen LogP contribution < -0.4 is 0 Å². The van der Waals surface area contributed by atoms with Crippen molar-refractivity contribution in [3.8, 4) is 0 Å². The molecule has 0 amide bonds. The van der Waals surface area contributed by atoms with Crippen LogP contribution in [0.25, 0.3) is 0 Å². The summed E-state index contributed by atoms with van der Waals surface area (Å²) in [6.45, 7) is 4.27. The van der Waals surface area contributed by atoms with Gasteiger partial charge in [0.2, 0.25) is 0 Å². The second-order valence-electron chi connectivity index (χ2n) is 6.07. The van der Waals surface area contributed by atoms with E-state index in [4.69, 9.17) is 0 Å². The first kappa shape index (κ1) is 10.6. The van der Waals surface area contributed by atoms with Crippen molar-refractivity contribution in [1.29, 1.82) is 0 Å². The lowest BCUT2D eigenvalue weighted by atomic mass is 9.61. The highest BCUT2D eigenvalue weighted by atomic mass is 16.1. The van der Waals surface area contributed by atoms with E-state index in [-0.39, 0.29) is 5.41 Å². The van der Waals surface area contributed by atoms with Gasteiger partial charge in [0.1, 0.15) is 5.78 Å². The smallest absolute Gasteiger partial charge is 0.139 e. The van der Waals surface area contributed by atoms with Gasteiger partial charge in [-0.15, -0.1) is 0 Å². The van der Waals surface area contributed by atoms with Crippen LogP contribution in [0.3, 0.4) is 0 Å². The van der Waals surface area contributed by atoms with Crippen LogP contribution in [0.2, 0.25) is 0 Å². The molecule has 0 aromatic carbocycles. The monoisotopic (exact) mass is 218 g/mol. The lowest BCUT2D eigenvalue weighted by Crippen LogP contribution is -2.41. The van der Waals surface area contributed by atoms with Gasteiger partial charge in [-0.3, -0.25) is 4.79 Å². The first-order valence-corrected chi connectivity index (χ1v) is 6.96. The van der Waals surface area contributed by atoms with E-state index in [0.29, 0.717) is 17.6 Å². The fourth-order valence-corrected chi connectivity index (χ4v) is 4.73. The summed E-state index contributed by atoms with van der Waals surface area (Å²) in [6.07, 6.45) is 10.7. The van der Waals surface area contributed by atoms with E-state index in [0.717, 1.165) is 19.3 Å². The van der Waals surface area contributed by atoms with Crippen molar-refractivity contribution < 1.29 is 4.79 Å². The third-order valence-corrected chi connectivity index (χ3v) is 5.41. The maximum Gasteiger partial charge on any atom is 0.139 e. The molecular formula is C15H22O. The quantitative estimate of drug-likeness (QED) is 0.564. The van der Waals surface area contributed by atoms with Gasteiger partial charge in [0.15, 0.2) is 0 Å². The van der Waals surface area contributed by atoms with Gasteiger partial charge in [-0.05, 0) is 43.9 Å². The highest BCUT2D eigenvalue weighted by Crippen LogP contribution is 2.60. The van der Waals surface area contributed by atoms with Gasteiger partial charge in [-0.25, -0.2) is 0 Å². The average molecular weight is 218 g/mol. The third-order valence-electron chi connectivity index (χ3n) is 5.41. The van der Waals surface area contributed by atoms with Crippen molar-refractivity contribution in [2.45, 2.75) is 57.8 Å². The number of hydrogen-bond donors (Lipinski definition) is 0. The van der Waals surface area contributed by atoms with Crippen LogP contribution in [0, 0.1) is 17.3 Å². The van der Waals surface area contributed by atoms with Crippen molar-refractivity contribution in [3.63, 3.8) is 0 Å². The lowest BCUT2D eigenvalue weighted by molar-refractivity contribution is -0.134. The fourth-order valence-electron chi connectivity index (χ4n) is 4.73. The summed E-state index contributed by atoms with van der Waals surface area (Å²) in [5.41, 5.74) is 1.46. The molecule has 1 spiro atoms. The third kappa shape index (κ3) is 1.26. The summed E-state index contributed by atoms with van der Waals surface area (Å²) in [6, 6.07) is 0. The molecule has 0 aliphatic heterocycles. The predicted molar refractivity (Wildman–Crippen MR) is 65.1 cm³/mol. The van der Waals surface area contributed by atoms with Crippen molar-refractivity contribution >= 4 is 5.78 Å². The summed E-state index contributed by atoms with van der Waals surface area (Å²) in [7, 11) is 0. The van der Waals surface area contributed by atoms with Crippen LogP contribution in [0.4, 0.5) is 0 Å². The zero-order chi connectivity index (χ0) is 11.2. The molecule has 3 aliphatic carbocycles. The molecule has 0 aromatic rings. The molecule has 3 aliphatic rings. The molecule has 3 saturated carbocycles. The summed E-state index contributed by atoms with van der Waals surface area (Å²) < 4.78 is 0. The van der Waals surface area contributed by atoms with Gasteiger partial charge >= 0.3 is 0 Å². The van der Waals surface area contributed by atoms with E-state index in [1.54, 1.807) is 0 Å². The second kappa shape index (κ2) is 3.72. The van der Waals surface area contributed by atoms with E-state index in [1.165, 1.54) is 44.1 Å². The molecule has 0 N–H and O–H groups in total. The standard InChI is InChI=1S/C15H22O/c1-11-10-12-6-2-3-8-14(16)15(12)9-5-4-7-13(11)15/h12-13H,1-10H2/t12-,13-,15-/m1/s1. The number of ketones is 1. The number of carbonyl (C=O) groups is 1. The maximum absolute atomic E-state index is 12.6. The maximum atomic E-state index is 12.6. The second-order valence-corrected chi connectivity index (χ2v) is 6.07. The Kier molecular flexibility index (Phi) is 2.45. The Morgan fingerprint density at radius 3 is 2.81 bits per heavy atom. The molecule has 0 saturated heterocycles. The first-order valence-electron chi connectivity index (χ1n) is 6.96. The Morgan fingerprint density at radius 2 is 1.94 bits per heavy atom. The molecule has 16 heavy (non-hydrogen) atoms. The minimum Gasteiger partial charge on any atom is -0.299 e. The van der Waals surface area contributed by atoms with E-state index in [9.17, 15) is 4.79 Å². The van der Waals surface area contributed by atoms with Crippen LogP contribution >= 0.6 is 0 Å². The van der Waals surface area contributed by atoms with Crippen molar-refractivity contribution in [2.24, 2.45) is 17.3 Å². The summed E-state index contributed by atoms with van der Waals surface area (Å²) >= 11 is 0. The van der Waals surface area contributed by atoms with Gasteiger partial charge < -0.3 is 0 Å². The van der Waals surface area contributed by atoms with Crippen LogP contribution in [0.1, 0.15) is 57.8 Å². The molecule has 3 rings (SSSR count). The van der Waals surface area contributed by atoms with Gasteiger partial charge in [-0.1, -0.05) is 31.4 Å². The zero-order valence-electron chi connectivity index (χ0n) is 10.1. The molecule has 0 radical (unpaired) electrons. The number of Topliss-reactive ketones (excluding diaryl/α,β-unsaturated/α-hetero) is 1. The van der Waals surface area contributed by atoms with Gasteiger partial charge in [0.25, 0.3) is 0 Å². The molecule has 1 nitrogen and oxygen atoms in total. The van der Waals surface area contributed by atoms with E-state index in [2.05, 4.69) is 6.58 Å². The van der Waals surface area contributed by atoms with Crippen molar-refractivity contribution in [1.82, 2.24) is 0 Å². The number of rotatable bonds is 0. The summed E-state index contributed by atoms with van der Waals surface area (Å²) in [5, 5.41) is 0. The van der Waals surface area contributed by atoms with E-state index >= 15 is 0 Å². The molecule has 88 valence electrons. The number of carbonyl (C=O) groups excluding carboxylic acids is 1. The van der Waals surface area contributed by atoms with E-state index in [1.807, 2.05) is 0 Å². The Balaban J connectivity index is 2.03. The molecular weight excluding hydrogens is 196 g/mol. The van der Waals surface area contributed by atoms with Crippen molar-refractivity contribution in [2.75, 3.05) is 0 Å². The van der Waals surface area contributed by atoms with Crippen LogP contribution in [0.15, 0.2) is 12.2 Å². The molecule has 3 atom stereocenters. The Hall–Kier alpha value is -0.590. The SMILES string of the molecule is C=C1C[C@H]2CCCCC(=O)[C@]23CCCC[C@H]13. The largest absolute Gasteiger partial charge is 0.299 e. The minimum absolute atomic E-state index is 0.0613. The van der Waals surface area contributed by atoms with Crippen LogP contribution in [0.5, 0.6) is 0 Å². The summed E-state index contributed by atoms with van der Waals surface area (Å²) in [4.78, 5) is 12.6. The fraction of sp³-hybridized carbons (Fsp3) is 0.800.